The first-order chi connectivity index (χ1) is 16.7. The maximum atomic E-state index is 13.5. The van der Waals surface area contributed by atoms with Crippen LogP contribution in [0.5, 0.6) is 5.75 Å². The van der Waals surface area contributed by atoms with Crippen LogP contribution < -0.4 is 4.74 Å². The molecule has 4 rings (SSSR count). The number of aromatic nitrogens is 1. The number of carbonyl (C=O) groups excluding carboxylic acids is 1. The van der Waals surface area contributed by atoms with Crippen LogP contribution in [0.1, 0.15) is 80.4 Å². The molecule has 0 atom stereocenters. The normalized spacial score (nSPS) is 15.9. The third kappa shape index (κ3) is 5.30. The summed E-state index contributed by atoms with van der Waals surface area (Å²) in [5.41, 5.74) is 5.11. The summed E-state index contributed by atoms with van der Waals surface area (Å²) in [6.07, 6.45) is 5.82. The Hall–Kier alpha value is -2.66. The molecule has 0 saturated carbocycles. The number of nitrogens with zero attached hydrogens (tertiary/aromatic N) is 2. The van der Waals surface area contributed by atoms with Gasteiger partial charge in [0.25, 0.3) is 5.91 Å². The molecule has 1 aromatic carbocycles. The van der Waals surface area contributed by atoms with Crippen LogP contribution in [0.4, 0.5) is 0 Å². The van der Waals surface area contributed by atoms with Crippen molar-refractivity contribution in [1.82, 2.24) is 9.88 Å². The SMILES string of the molecule is CCCN(CCc1ccccn1)C(=O)c1ccc(-c2cc3c(cc2OC)C(C)(C)CCC3(C)C)s1. The van der Waals surface area contributed by atoms with Crippen LogP contribution in [0.3, 0.4) is 0 Å². The third-order valence-corrected chi connectivity index (χ3v) is 8.51. The number of rotatable bonds is 8. The maximum Gasteiger partial charge on any atom is 0.263 e. The Kier molecular flexibility index (Phi) is 7.37. The number of methoxy groups -OCH3 is 1. The summed E-state index contributed by atoms with van der Waals surface area (Å²) < 4.78 is 5.88. The molecule has 0 fully saturated rings. The summed E-state index contributed by atoms with van der Waals surface area (Å²) in [5.74, 6) is 0.980. The molecular formula is C30H38N2O2S. The fourth-order valence-corrected chi connectivity index (χ4v) is 6.08. The van der Waals surface area contributed by atoms with Crippen molar-refractivity contribution in [3.05, 3.63) is 70.4 Å². The minimum atomic E-state index is 0.0948. The average Bonchev–Trinajstić information content (AvgIpc) is 3.34. The zero-order valence-electron chi connectivity index (χ0n) is 22.0. The van der Waals surface area contributed by atoms with Crippen molar-refractivity contribution in [2.45, 2.75) is 71.1 Å². The molecule has 0 bridgehead atoms. The summed E-state index contributed by atoms with van der Waals surface area (Å²) >= 11 is 1.56. The van der Waals surface area contributed by atoms with E-state index in [1.165, 1.54) is 17.5 Å². The molecule has 0 N–H and O–H groups in total. The van der Waals surface area contributed by atoms with Gasteiger partial charge in [0.15, 0.2) is 0 Å². The summed E-state index contributed by atoms with van der Waals surface area (Å²) in [6, 6.07) is 14.5. The molecule has 1 amide bonds. The van der Waals surface area contributed by atoms with Gasteiger partial charge in [0.2, 0.25) is 0 Å². The Bertz CT molecular complexity index is 1180. The van der Waals surface area contributed by atoms with Gasteiger partial charge in [0.1, 0.15) is 5.75 Å². The molecule has 5 heteroatoms. The highest BCUT2D eigenvalue weighted by molar-refractivity contribution is 7.17. The first kappa shape index (κ1) is 25.4. The second-order valence-electron chi connectivity index (χ2n) is 10.9. The van der Waals surface area contributed by atoms with E-state index >= 15 is 0 Å². The van der Waals surface area contributed by atoms with Gasteiger partial charge in [-0.3, -0.25) is 9.78 Å². The number of thiophene rings is 1. The van der Waals surface area contributed by atoms with E-state index in [4.69, 9.17) is 4.74 Å². The summed E-state index contributed by atoms with van der Waals surface area (Å²) in [6.45, 7) is 12.9. The second-order valence-corrected chi connectivity index (χ2v) is 12.0. The van der Waals surface area contributed by atoms with E-state index in [9.17, 15) is 4.79 Å². The molecule has 0 aliphatic heterocycles. The standard InChI is InChI=1S/C30H38N2O2S/c1-7-17-32(18-13-21-10-8-9-16-31-21)28(33)27-12-11-26(35-27)22-19-23-24(20-25(22)34-6)30(4,5)15-14-29(23,2)3/h8-12,16,19-20H,7,13-15,17-18H2,1-6H3. The van der Waals surface area contributed by atoms with E-state index < -0.39 is 0 Å². The Labute approximate surface area is 214 Å². The van der Waals surface area contributed by atoms with Crippen LogP contribution >= 0.6 is 11.3 Å². The van der Waals surface area contributed by atoms with Crippen molar-refractivity contribution in [3.63, 3.8) is 0 Å². The summed E-state index contributed by atoms with van der Waals surface area (Å²) in [4.78, 5) is 21.7. The average molecular weight is 491 g/mol. The smallest absolute Gasteiger partial charge is 0.263 e. The fourth-order valence-electron chi connectivity index (χ4n) is 5.09. The zero-order valence-corrected chi connectivity index (χ0v) is 22.8. The molecule has 0 unspecified atom stereocenters. The van der Waals surface area contributed by atoms with E-state index in [-0.39, 0.29) is 16.7 Å². The number of fused-ring (bicyclic) bond motifs is 1. The van der Waals surface area contributed by atoms with Crippen LogP contribution in [-0.2, 0) is 17.3 Å². The number of hydrogen-bond donors (Lipinski definition) is 0. The van der Waals surface area contributed by atoms with Crippen LogP contribution in [0.2, 0.25) is 0 Å². The van der Waals surface area contributed by atoms with Crippen LogP contribution in [0.15, 0.2) is 48.7 Å². The molecule has 0 saturated heterocycles. The van der Waals surface area contributed by atoms with Gasteiger partial charge in [-0.1, -0.05) is 40.7 Å². The van der Waals surface area contributed by atoms with Crippen LogP contribution in [0, 0.1) is 0 Å². The van der Waals surface area contributed by atoms with Gasteiger partial charge in [-0.05, 0) is 77.6 Å². The minimum Gasteiger partial charge on any atom is -0.496 e. The van der Waals surface area contributed by atoms with Crippen molar-refractivity contribution in [1.29, 1.82) is 0 Å². The van der Waals surface area contributed by atoms with E-state index in [1.807, 2.05) is 29.2 Å². The van der Waals surface area contributed by atoms with Gasteiger partial charge < -0.3 is 9.64 Å². The molecule has 2 heterocycles. The number of hydrogen-bond acceptors (Lipinski definition) is 4. The van der Waals surface area contributed by atoms with Crippen molar-refractivity contribution in [2.75, 3.05) is 20.2 Å². The van der Waals surface area contributed by atoms with Gasteiger partial charge in [0, 0.05) is 41.8 Å². The molecule has 4 nitrogen and oxygen atoms in total. The highest BCUT2D eigenvalue weighted by atomic mass is 32.1. The summed E-state index contributed by atoms with van der Waals surface area (Å²) in [7, 11) is 1.74. The molecular weight excluding hydrogens is 452 g/mol. The predicted molar refractivity (Wildman–Crippen MR) is 146 cm³/mol. The molecule has 35 heavy (non-hydrogen) atoms. The Balaban J connectivity index is 1.63. The highest BCUT2D eigenvalue weighted by Crippen LogP contribution is 2.49. The van der Waals surface area contributed by atoms with Crippen molar-refractivity contribution in [3.8, 4) is 16.2 Å². The predicted octanol–water partition coefficient (Wildman–Crippen LogP) is 7.26. The van der Waals surface area contributed by atoms with Gasteiger partial charge in [-0.15, -0.1) is 11.3 Å². The fraction of sp³-hybridized carbons (Fsp3) is 0.467. The number of amides is 1. The first-order valence-electron chi connectivity index (χ1n) is 12.7. The largest absolute Gasteiger partial charge is 0.496 e. The van der Waals surface area contributed by atoms with Crippen LogP contribution in [-0.4, -0.2) is 36.0 Å². The quantitative estimate of drug-likeness (QED) is 0.334. The molecule has 186 valence electrons. The number of pyridine rings is 1. The second kappa shape index (κ2) is 10.1. The molecule has 3 aromatic rings. The lowest BCUT2D eigenvalue weighted by Crippen LogP contribution is -2.33. The summed E-state index contributed by atoms with van der Waals surface area (Å²) in [5, 5.41) is 0. The first-order valence-corrected chi connectivity index (χ1v) is 13.5. The van der Waals surface area contributed by atoms with E-state index in [2.05, 4.69) is 57.8 Å². The van der Waals surface area contributed by atoms with E-state index in [0.717, 1.165) is 52.6 Å². The lowest BCUT2D eigenvalue weighted by Gasteiger charge is -2.42. The van der Waals surface area contributed by atoms with E-state index in [1.54, 1.807) is 24.6 Å². The molecule has 0 spiro atoms. The molecule has 2 aromatic heterocycles. The monoisotopic (exact) mass is 490 g/mol. The third-order valence-electron chi connectivity index (χ3n) is 7.40. The molecule has 1 aliphatic carbocycles. The lowest BCUT2D eigenvalue weighted by molar-refractivity contribution is 0.0762. The molecule has 1 aliphatic rings. The van der Waals surface area contributed by atoms with Crippen molar-refractivity contribution in [2.24, 2.45) is 0 Å². The Morgan fingerprint density at radius 2 is 1.74 bits per heavy atom. The Morgan fingerprint density at radius 3 is 2.37 bits per heavy atom. The highest BCUT2D eigenvalue weighted by Gasteiger charge is 2.38. The zero-order chi connectivity index (χ0) is 25.2. The van der Waals surface area contributed by atoms with Gasteiger partial charge >= 0.3 is 0 Å². The maximum absolute atomic E-state index is 13.5. The molecule has 0 radical (unpaired) electrons. The number of carbonyl (C=O) groups is 1. The van der Waals surface area contributed by atoms with Gasteiger partial charge in [0.05, 0.1) is 12.0 Å². The van der Waals surface area contributed by atoms with Gasteiger partial charge in [-0.25, -0.2) is 0 Å². The number of ether oxygens (including phenoxy) is 1. The van der Waals surface area contributed by atoms with Gasteiger partial charge in [-0.2, -0.15) is 0 Å². The number of benzene rings is 1. The minimum absolute atomic E-state index is 0.0948. The van der Waals surface area contributed by atoms with Crippen molar-refractivity contribution >= 4 is 17.2 Å². The Morgan fingerprint density at radius 1 is 1.03 bits per heavy atom. The lowest BCUT2D eigenvalue weighted by atomic mass is 9.63. The van der Waals surface area contributed by atoms with Crippen LogP contribution in [0.25, 0.3) is 10.4 Å². The van der Waals surface area contributed by atoms with Crippen molar-refractivity contribution < 1.29 is 9.53 Å². The van der Waals surface area contributed by atoms with E-state index in [0.29, 0.717) is 6.54 Å². The topological polar surface area (TPSA) is 42.4 Å².